The van der Waals surface area contributed by atoms with Gasteiger partial charge in [0.05, 0.1) is 12.2 Å². The Morgan fingerprint density at radius 3 is 2.64 bits per heavy atom. The van der Waals surface area contributed by atoms with Crippen molar-refractivity contribution < 1.29 is 14.3 Å². The summed E-state index contributed by atoms with van der Waals surface area (Å²) in [5, 5.41) is 3.37. The molecule has 3 aromatic rings. The fraction of sp³-hybridized carbons (Fsp3) is 0.259. The Morgan fingerprint density at radius 2 is 1.85 bits per heavy atom. The second kappa shape index (κ2) is 10.3. The van der Waals surface area contributed by atoms with Gasteiger partial charge < -0.3 is 20.7 Å². The summed E-state index contributed by atoms with van der Waals surface area (Å²) in [6, 6.07) is 22.8. The molecule has 0 saturated carbocycles. The average Bonchev–Trinajstić information content (AvgIpc) is 2.95. The van der Waals surface area contributed by atoms with E-state index in [-0.39, 0.29) is 12.5 Å². The van der Waals surface area contributed by atoms with Crippen LogP contribution in [0, 0.1) is 6.92 Å². The van der Waals surface area contributed by atoms with E-state index in [2.05, 4.69) is 29.6 Å². The predicted octanol–water partition coefficient (Wildman–Crippen LogP) is 3.61. The molecule has 6 nitrogen and oxygen atoms in total. The number of nitrogens with two attached hydrogens (primary N) is 1. The molecule has 0 bridgehead atoms. The highest BCUT2D eigenvalue weighted by atomic mass is 16.5. The average molecular weight is 444 g/mol. The third kappa shape index (κ3) is 5.59. The minimum Gasteiger partial charge on any atom is -0.489 e. The molecule has 33 heavy (non-hydrogen) atoms. The Balaban J connectivity index is 1.42. The van der Waals surface area contributed by atoms with Crippen molar-refractivity contribution in [2.75, 3.05) is 18.1 Å². The molecule has 0 unspecified atom stereocenters. The number of carbonyl (C=O) groups excluding carboxylic acids is 2. The lowest BCUT2D eigenvalue weighted by molar-refractivity contribution is -0.121. The Kier molecular flexibility index (Phi) is 7.05. The molecule has 3 aromatic carbocycles. The monoisotopic (exact) mass is 443 g/mol. The molecule has 1 aliphatic rings. The highest BCUT2D eigenvalue weighted by Crippen LogP contribution is 2.32. The number of primary amides is 1. The lowest BCUT2D eigenvalue weighted by Crippen LogP contribution is -2.48. The maximum atomic E-state index is 13.5. The van der Waals surface area contributed by atoms with Gasteiger partial charge in [-0.15, -0.1) is 0 Å². The normalized spacial score (nSPS) is 15.5. The van der Waals surface area contributed by atoms with Gasteiger partial charge in [0.1, 0.15) is 18.4 Å². The number of hydrogen-bond donors (Lipinski definition) is 2. The molecular weight excluding hydrogens is 414 g/mol. The van der Waals surface area contributed by atoms with Crippen LogP contribution < -0.4 is 20.7 Å². The van der Waals surface area contributed by atoms with E-state index in [0.29, 0.717) is 24.4 Å². The summed E-state index contributed by atoms with van der Waals surface area (Å²) in [5.74, 6) is 0.284. The van der Waals surface area contributed by atoms with E-state index in [1.807, 2.05) is 49.4 Å². The zero-order valence-corrected chi connectivity index (χ0v) is 18.8. The van der Waals surface area contributed by atoms with Crippen molar-refractivity contribution in [3.05, 3.63) is 95.1 Å². The second-order valence-corrected chi connectivity index (χ2v) is 8.36. The number of benzene rings is 3. The predicted molar refractivity (Wildman–Crippen MR) is 129 cm³/mol. The second-order valence-electron chi connectivity index (χ2n) is 8.36. The Bertz CT molecular complexity index is 1130. The highest BCUT2D eigenvalue weighted by Gasteiger charge is 2.31. The van der Waals surface area contributed by atoms with Crippen LogP contribution in [0.2, 0.25) is 0 Å². The van der Waals surface area contributed by atoms with Crippen LogP contribution in [-0.4, -0.2) is 31.0 Å². The zero-order chi connectivity index (χ0) is 23.2. The highest BCUT2D eigenvalue weighted by molar-refractivity contribution is 5.99. The van der Waals surface area contributed by atoms with Crippen LogP contribution in [-0.2, 0) is 17.8 Å². The molecule has 0 saturated heterocycles. The molecule has 1 atom stereocenters. The van der Waals surface area contributed by atoms with E-state index in [1.54, 1.807) is 11.0 Å². The fourth-order valence-electron chi connectivity index (χ4n) is 3.99. The third-order valence-corrected chi connectivity index (χ3v) is 5.83. The molecule has 0 aromatic heterocycles. The first kappa shape index (κ1) is 22.6. The van der Waals surface area contributed by atoms with Crippen molar-refractivity contribution >= 4 is 17.5 Å². The van der Waals surface area contributed by atoms with E-state index in [1.165, 1.54) is 5.56 Å². The molecule has 170 valence electrons. The number of nitrogens with one attached hydrogen (secondary N) is 1. The van der Waals surface area contributed by atoms with E-state index in [9.17, 15) is 9.59 Å². The summed E-state index contributed by atoms with van der Waals surface area (Å²) in [6.07, 6.45) is 1.60. The van der Waals surface area contributed by atoms with Gasteiger partial charge in [0.2, 0.25) is 11.8 Å². The summed E-state index contributed by atoms with van der Waals surface area (Å²) in [4.78, 5) is 26.7. The first-order valence-electron chi connectivity index (χ1n) is 11.2. The molecular formula is C27H29N3O3. The maximum Gasteiger partial charge on any atom is 0.248 e. The summed E-state index contributed by atoms with van der Waals surface area (Å²) < 4.78 is 6.00. The van der Waals surface area contributed by atoms with E-state index in [0.717, 1.165) is 29.7 Å². The van der Waals surface area contributed by atoms with Gasteiger partial charge in [-0.3, -0.25) is 9.59 Å². The van der Waals surface area contributed by atoms with Gasteiger partial charge in [0, 0.05) is 5.56 Å². The van der Waals surface area contributed by atoms with Crippen LogP contribution in [0.3, 0.4) is 0 Å². The topological polar surface area (TPSA) is 84.7 Å². The van der Waals surface area contributed by atoms with Crippen LogP contribution in [0.4, 0.5) is 5.69 Å². The molecule has 0 spiro atoms. The summed E-state index contributed by atoms with van der Waals surface area (Å²) in [6.45, 7) is 3.46. The van der Waals surface area contributed by atoms with Gasteiger partial charge in [0.25, 0.3) is 0 Å². The number of aryl methyl sites for hydroxylation is 2. The molecule has 2 amide bonds. The van der Waals surface area contributed by atoms with Crippen molar-refractivity contribution in [2.24, 2.45) is 5.73 Å². The number of anilines is 1. The van der Waals surface area contributed by atoms with Gasteiger partial charge in [-0.25, -0.2) is 0 Å². The number of fused-ring (bicyclic) bond motifs is 1. The van der Waals surface area contributed by atoms with Gasteiger partial charge >= 0.3 is 0 Å². The minimum absolute atomic E-state index is 0.00347. The number of rotatable bonds is 8. The quantitative estimate of drug-likeness (QED) is 0.521. The van der Waals surface area contributed by atoms with Crippen molar-refractivity contribution in [2.45, 2.75) is 32.4 Å². The molecule has 0 fully saturated rings. The summed E-state index contributed by atoms with van der Waals surface area (Å²) >= 11 is 0. The Morgan fingerprint density at radius 1 is 1.06 bits per heavy atom. The summed E-state index contributed by atoms with van der Waals surface area (Å²) in [7, 11) is 0. The van der Waals surface area contributed by atoms with Crippen molar-refractivity contribution in [3.8, 4) is 5.75 Å². The molecule has 1 aliphatic heterocycles. The van der Waals surface area contributed by atoms with Gasteiger partial charge in [-0.1, -0.05) is 54.1 Å². The number of hydrogen-bond acceptors (Lipinski definition) is 4. The molecule has 6 heteroatoms. The summed E-state index contributed by atoms with van der Waals surface area (Å²) in [5.41, 5.74) is 9.97. The Hall–Kier alpha value is -3.64. The number of nitrogens with zero attached hydrogens (tertiary/aromatic N) is 1. The lowest BCUT2D eigenvalue weighted by atomic mass is 10.1. The minimum atomic E-state index is -0.445. The molecule has 1 heterocycles. The number of carbonyl (C=O) groups is 2. The van der Waals surface area contributed by atoms with Gasteiger partial charge in [0.15, 0.2) is 0 Å². The molecule has 4 rings (SSSR count). The zero-order valence-electron chi connectivity index (χ0n) is 18.8. The number of para-hydroxylation sites is 2. The van der Waals surface area contributed by atoms with Crippen LogP contribution >= 0.6 is 0 Å². The SMILES string of the molecule is Cc1ccc(CN2C(=O)[C@@H](NCCCc3cccc(C(N)=O)c3)COc3ccccc32)cc1. The molecule has 0 radical (unpaired) electrons. The number of amides is 2. The first-order chi connectivity index (χ1) is 16.0. The van der Waals surface area contributed by atoms with Crippen molar-refractivity contribution in [3.63, 3.8) is 0 Å². The first-order valence-corrected chi connectivity index (χ1v) is 11.2. The maximum absolute atomic E-state index is 13.5. The van der Waals surface area contributed by atoms with Gasteiger partial charge in [-0.2, -0.15) is 0 Å². The lowest BCUT2D eigenvalue weighted by Gasteiger charge is -2.25. The van der Waals surface area contributed by atoms with E-state index in [4.69, 9.17) is 10.5 Å². The van der Waals surface area contributed by atoms with Gasteiger partial charge in [-0.05, 0) is 61.7 Å². The van der Waals surface area contributed by atoms with Crippen LogP contribution in [0.1, 0.15) is 33.5 Å². The van der Waals surface area contributed by atoms with Crippen LogP contribution in [0.25, 0.3) is 0 Å². The standard InChI is InChI=1S/C27H29N3O3/c1-19-11-13-21(14-12-19)17-30-24-9-2-3-10-25(24)33-18-23(27(30)32)29-15-5-7-20-6-4-8-22(16-20)26(28)31/h2-4,6,8-14,16,23,29H,5,7,15,17-18H2,1H3,(H2,28,31)/t23-/m0/s1. The Labute approximate surface area is 194 Å². The van der Waals surface area contributed by atoms with Crippen LogP contribution in [0.15, 0.2) is 72.8 Å². The van der Waals surface area contributed by atoms with Crippen molar-refractivity contribution in [1.29, 1.82) is 0 Å². The van der Waals surface area contributed by atoms with Crippen LogP contribution in [0.5, 0.6) is 5.75 Å². The molecule has 3 N–H and O–H groups in total. The largest absolute Gasteiger partial charge is 0.489 e. The van der Waals surface area contributed by atoms with E-state index >= 15 is 0 Å². The molecule has 0 aliphatic carbocycles. The smallest absolute Gasteiger partial charge is 0.248 e. The van der Waals surface area contributed by atoms with Crippen molar-refractivity contribution in [1.82, 2.24) is 5.32 Å². The fourth-order valence-corrected chi connectivity index (χ4v) is 3.99. The third-order valence-electron chi connectivity index (χ3n) is 5.83. The van der Waals surface area contributed by atoms with E-state index < -0.39 is 11.9 Å². The number of ether oxygens (including phenoxy) is 1.